The molecule has 49 heavy (non-hydrogen) atoms. The lowest BCUT2D eigenvalue weighted by Gasteiger charge is -2.33. The molecule has 1 saturated heterocycles. The van der Waals surface area contributed by atoms with Crippen LogP contribution in [0.2, 0.25) is 0 Å². The van der Waals surface area contributed by atoms with E-state index in [0.29, 0.717) is 30.1 Å². The summed E-state index contributed by atoms with van der Waals surface area (Å²) in [5, 5.41) is 0. The molecule has 2 bridgehead atoms. The lowest BCUT2D eigenvalue weighted by molar-refractivity contribution is -0.196. The van der Waals surface area contributed by atoms with E-state index in [4.69, 9.17) is 9.47 Å². The Morgan fingerprint density at radius 3 is 1.35 bits per heavy atom. The molecule has 1 heterocycles. The topological polar surface area (TPSA) is 21.7 Å². The first kappa shape index (κ1) is 42.3. The molecule has 3 unspecified atom stereocenters. The number of rotatable bonds is 31. The molecule has 0 amide bonds. The summed E-state index contributed by atoms with van der Waals surface area (Å²) in [6.07, 6.45) is 55.6. The fourth-order valence-electron chi connectivity index (χ4n) is 8.78. The van der Waals surface area contributed by atoms with Gasteiger partial charge in [-0.05, 0) is 110 Å². The molecule has 0 radical (unpaired) electrons. The van der Waals surface area contributed by atoms with Crippen LogP contribution in [0.1, 0.15) is 194 Å². The van der Waals surface area contributed by atoms with Crippen molar-refractivity contribution in [3.8, 4) is 0 Å². The van der Waals surface area contributed by atoms with E-state index in [2.05, 4.69) is 81.5 Å². The molecule has 3 fully saturated rings. The maximum absolute atomic E-state index is 7.06. The SMILES string of the molecule is CCCCC/C=C\C/C=C\CCCCCCCCC1(CCCCCCCC/C=C\C/C=C\CCCCC)O[C@@H]2C3CC(CC3N(C)C)[C@@H]2O1. The Balaban J connectivity index is 1.27. The second kappa shape index (κ2) is 26.6. The molecule has 0 N–H and O–H groups in total. The van der Waals surface area contributed by atoms with Gasteiger partial charge in [-0.15, -0.1) is 0 Å². The summed E-state index contributed by atoms with van der Waals surface area (Å²) in [6, 6.07) is 0.675. The van der Waals surface area contributed by atoms with Gasteiger partial charge in [0.15, 0.2) is 5.79 Å². The minimum Gasteiger partial charge on any atom is -0.344 e. The summed E-state index contributed by atoms with van der Waals surface area (Å²) >= 11 is 0. The standard InChI is InChI=1S/C46H81NO2/c1-5-7-9-11-13-15-17-19-21-23-25-27-29-31-33-35-37-46(48-44-41-39-42(45(44)49-46)43(40-41)47(3)4)38-36-34-32-30-28-26-24-22-20-18-16-14-12-10-8-6-2/h13-16,19-22,41-45H,5-12,17-18,23-40H2,1-4H3/b15-13-,16-14-,21-19-,22-20-/t41?,42?,43?,44-,45+/m0/s1. The van der Waals surface area contributed by atoms with Crippen molar-refractivity contribution >= 4 is 0 Å². The molecule has 2 saturated carbocycles. The summed E-state index contributed by atoms with van der Waals surface area (Å²) < 4.78 is 14.1. The number of ether oxygens (including phenoxy) is 2. The number of fused-ring (bicyclic) bond motifs is 5. The van der Waals surface area contributed by atoms with Gasteiger partial charge in [-0.2, -0.15) is 0 Å². The molecule has 1 aliphatic heterocycles. The van der Waals surface area contributed by atoms with Gasteiger partial charge >= 0.3 is 0 Å². The molecule has 3 rings (SSSR count). The average molecular weight is 680 g/mol. The summed E-state index contributed by atoms with van der Waals surface area (Å²) in [5.41, 5.74) is 0. The maximum atomic E-state index is 7.06. The Kier molecular flexibility index (Phi) is 22.9. The summed E-state index contributed by atoms with van der Waals surface area (Å²) in [6.45, 7) is 4.55. The summed E-state index contributed by atoms with van der Waals surface area (Å²) in [7, 11) is 4.52. The lowest BCUT2D eigenvalue weighted by Crippen LogP contribution is -2.43. The molecule has 3 aliphatic rings. The largest absolute Gasteiger partial charge is 0.344 e. The van der Waals surface area contributed by atoms with E-state index in [1.54, 1.807) is 0 Å². The first-order valence-electron chi connectivity index (χ1n) is 21.7. The van der Waals surface area contributed by atoms with Gasteiger partial charge in [0, 0.05) is 24.8 Å². The first-order chi connectivity index (χ1) is 24.1. The van der Waals surface area contributed by atoms with Crippen molar-refractivity contribution in [2.45, 2.75) is 218 Å². The van der Waals surface area contributed by atoms with Gasteiger partial charge in [0.05, 0.1) is 12.2 Å². The van der Waals surface area contributed by atoms with Gasteiger partial charge < -0.3 is 14.4 Å². The number of hydrogen-bond acceptors (Lipinski definition) is 3. The fourth-order valence-corrected chi connectivity index (χ4v) is 8.78. The average Bonchev–Trinajstić information content (AvgIpc) is 3.79. The molecular weight excluding hydrogens is 599 g/mol. The van der Waals surface area contributed by atoms with E-state index in [1.165, 1.54) is 154 Å². The molecular formula is C46H81NO2. The number of hydrogen-bond donors (Lipinski definition) is 0. The van der Waals surface area contributed by atoms with Crippen LogP contribution in [-0.2, 0) is 9.47 Å². The number of unbranched alkanes of at least 4 members (excludes halogenated alkanes) is 18. The first-order valence-corrected chi connectivity index (χ1v) is 21.7. The summed E-state index contributed by atoms with van der Waals surface area (Å²) in [4.78, 5) is 2.45. The quantitative estimate of drug-likeness (QED) is 0.0538. The van der Waals surface area contributed by atoms with Crippen molar-refractivity contribution in [1.82, 2.24) is 4.90 Å². The molecule has 0 aromatic carbocycles. The van der Waals surface area contributed by atoms with Crippen molar-refractivity contribution < 1.29 is 9.47 Å². The molecule has 0 aromatic rings. The second-order valence-corrected chi connectivity index (χ2v) is 16.2. The molecule has 282 valence electrons. The Bertz CT molecular complexity index is 870. The van der Waals surface area contributed by atoms with Crippen LogP contribution in [0.15, 0.2) is 48.6 Å². The van der Waals surface area contributed by atoms with Crippen LogP contribution in [0, 0.1) is 11.8 Å². The van der Waals surface area contributed by atoms with E-state index in [-0.39, 0.29) is 5.79 Å². The predicted molar refractivity (Wildman–Crippen MR) is 214 cm³/mol. The van der Waals surface area contributed by atoms with E-state index >= 15 is 0 Å². The van der Waals surface area contributed by atoms with Gasteiger partial charge in [0.25, 0.3) is 0 Å². The van der Waals surface area contributed by atoms with Crippen molar-refractivity contribution in [2.24, 2.45) is 11.8 Å². The number of nitrogens with zero attached hydrogens (tertiary/aromatic N) is 1. The monoisotopic (exact) mass is 680 g/mol. The molecule has 0 aromatic heterocycles. The Hall–Kier alpha value is -1.16. The van der Waals surface area contributed by atoms with Crippen molar-refractivity contribution in [2.75, 3.05) is 14.1 Å². The van der Waals surface area contributed by atoms with Crippen molar-refractivity contribution in [3.63, 3.8) is 0 Å². The van der Waals surface area contributed by atoms with Crippen LogP contribution < -0.4 is 0 Å². The smallest absolute Gasteiger partial charge is 0.169 e. The van der Waals surface area contributed by atoms with Gasteiger partial charge in [0.1, 0.15) is 0 Å². The van der Waals surface area contributed by atoms with Crippen LogP contribution in [0.5, 0.6) is 0 Å². The van der Waals surface area contributed by atoms with E-state index in [0.717, 1.165) is 25.7 Å². The Morgan fingerprint density at radius 1 is 0.490 bits per heavy atom. The van der Waals surface area contributed by atoms with E-state index in [9.17, 15) is 0 Å². The lowest BCUT2D eigenvalue weighted by atomic mass is 9.90. The van der Waals surface area contributed by atoms with E-state index in [1.807, 2.05) is 0 Å². The minimum atomic E-state index is -0.308. The predicted octanol–water partition coefficient (Wildman–Crippen LogP) is 13.8. The van der Waals surface area contributed by atoms with E-state index < -0.39 is 0 Å². The van der Waals surface area contributed by atoms with Crippen LogP contribution in [-0.4, -0.2) is 43.0 Å². The van der Waals surface area contributed by atoms with Crippen LogP contribution in [0.4, 0.5) is 0 Å². The Labute approximate surface area is 305 Å². The van der Waals surface area contributed by atoms with Gasteiger partial charge in [-0.25, -0.2) is 0 Å². The highest BCUT2D eigenvalue weighted by atomic mass is 16.8. The zero-order valence-corrected chi connectivity index (χ0v) is 33.1. The normalized spacial score (nSPS) is 24.7. The maximum Gasteiger partial charge on any atom is 0.169 e. The third kappa shape index (κ3) is 16.8. The highest BCUT2D eigenvalue weighted by molar-refractivity contribution is 5.09. The molecule has 2 aliphatic carbocycles. The van der Waals surface area contributed by atoms with Crippen LogP contribution in [0.25, 0.3) is 0 Å². The zero-order chi connectivity index (χ0) is 34.8. The van der Waals surface area contributed by atoms with Crippen LogP contribution >= 0.6 is 0 Å². The fraction of sp³-hybridized carbons (Fsp3) is 0.826. The second-order valence-electron chi connectivity index (χ2n) is 16.2. The summed E-state index contributed by atoms with van der Waals surface area (Å²) in [5.74, 6) is 1.06. The third-order valence-corrected chi connectivity index (χ3v) is 11.7. The molecule has 3 heteroatoms. The van der Waals surface area contributed by atoms with Crippen molar-refractivity contribution in [1.29, 1.82) is 0 Å². The van der Waals surface area contributed by atoms with Crippen LogP contribution in [0.3, 0.4) is 0 Å². The highest BCUT2D eigenvalue weighted by Gasteiger charge is 2.62. The van der Waals surface area contributed by atoms with Gasteiger partial charge in [0.2, 0.25) is 0 Å². The van der Waals surface area contributed by atoms with Crippen molar-refractivity contribution in [3.05, 3.63) is 48.6 Å². The van der Waals surface area contributed by atoms with Gasteiger partial charge in [-0.1, -0.05) is 140 Å². The zero-order valence-electron chi connectivity index (χ0n) is 33.1. The van der Waals surface area contributed by atoms with Gasteiger partial charge in [-0.3, -0.25) is 0 Å². The minimum absolute atomic E-state index is 0.308. The third-order valence-electron chi connectivity index (χ3n) is 11.7. The molecule has 3 nitrogen and oxygen atoms in total. The molecule has 5 atom stereocenters. The highest BCUT2D eigenvalue weighted by Crippen LogP contribution is 2.55. The number of allylic oxidation sites excluding steroid dienone is 8. The Morgan fingerprint density at radius 2 is 0.898 bits per heavy atom. The molecule has 0 spiro atoms.